The van der Waals surface area contributed by atoms with E-state index in [-0.39, 0.29) is 0 Å². The van der Waals surface area contributed by atoms with Gasteiger partial charge < -0.3 is 11.1 Å². The van der Waals surface area contributed by atoms with Crippen molar-refractivity contribution >= 4 is 11.6 Å². The number of halogens is 3. The summed E-state index contributed by atoms with van der Waals surface area (Å²) in [5.41, 5.74) is 6.91. The Bertz CT molecular complexity index is 419. The molecule has 6 heteroatoms. The van der Waals surface area contributed by atoms with Crippen LogP contribution in [0.2, 0.25) is 0 Å². The Morgan fingerprint density at radius 2 is 2.05 bits per heavy atom. The molecule has 0 aliphatic rings. The van der Waals surface area contributed by atoms with Crippen LogP contribution >= 0.6 is 0 Å². The van der Waals surface area contributed by atoms with E-state index >= 15 is 0 Å². The smallest absolute Gasteiger partial charge is 0.330 e. The summed E-state index contributed by atoms with van der Waals surface area (Å²) in [6.07, 6.45) is -4.36. The van der Waals surface area contributed by atoms with Crippen molar-refractivity contribution in [3.8, 4) is 0 Å². The molecule has 1 aromatic carbocycles. The number of hydrogen-bond donors (Lipinski definition) is 2. The zero-order valence-corrected chi connectivity index (χ0v) is 10.5. The minimum absolute atomic E-state index is 0.515. The van der Waals surface area contributed by atoms with Gasteiger partial charge in [0.1, 0.15) is 0 Å². The van der Waals surface area contributed by atoms with Crippen molar-refractivity contribution in [2.24, 2.45) is 5.73 Å². The SMILES string of the molecule is NCCCc1cccc(NC(=O)CCC(F)(F)F)c1. The molecule has 3 nitrogen and oxygen atoms in total. The van der Waals surface area contributed by atoms with Gasteiger partial charge in [-0.1, -0.05) is 12.1 Å². The van der Waals surface area contributed by atoms with Crippen LogP contribution in [0.4, 0.5) is 18.9 Å². The second-order valence-electron chi connectivity index (χ2n) is 4.26. The monoisotopic (exact) mass is 274 g/mol. The zero-order chi connectivity index (χ0) is 14.3. The van der Waals surface area contributed by atoms with E-state index in [1.807, 2.05) is 6.07 Å². The van der Waals surface area contributed by atoms with E-state index in [0.717, 1.165) is 18.4 Å². The number of nitrogens with two attached hydrogens (primary N) is 1. The fourth-order valence-electron chi connectivity index (χ4n) is 1.59. The van der Waals surface area contributed by atoms with Crippen LogP contribution in [0.5, 0.6) is 0 Å². The van der Waals surface area contributed by atoms with E-state index in [0.29, 0.717) is 12.2 Å². The third kappa shape index (κ3) is 6.81. The van der Waals surface area contributed by atoms with Crippen molar-refractivity contribution in [1.29, 1.82) is 0 Å². The Hall–Kier alpha value is -1.56. The van der Waals surface area contributed by atoms with E-state index in [2.05, 4.69) is 5.32 Å². The number of carbonyl (C=O) groups excluding carboxylic acids is 1. The number of nitrogens with one attached hydrogen (secondary N) is 1. The van der Waals surface area contributed by atoms with Crippen molar-refractivity contribution in [2.45, 2.75) is 31.9 Å². The Balaban J connectivity index is 2.49. The number of alkyl halides is 3. The molecule has 0 saturated carbocycles. The van der Waals surface area contributed by atoms with E-state index < -0.39 is 24.9 Å². The second kappa shape index (κ2) is 7.13. The van der Waals surface area contributed by atoms with Crippen molar-refractivity contribution in [2.75, 3.05) is 11.9 Å². The lowest BCUT2D eigenvalue weighted by Crippen LogP contribution is -2.16. The quantitative estimate of drug-likeness (QED) is 0.838. The first kappa shape index (κ1) is 15.5. The Kier molecular flexibility index (Phi) is 5.82. The molecule has 0 unspecified atom stereocenters. The number of benzene rings is 1. The molecule has 19 heavy (non-hydrogen) atoms. The number of hydrogen-bond acceptors (Lipinski definition) is 2. The van der Waals surface area contributed by atoms with Crippen LogP contribution in [0.3, 0.4) is 0 Å². The van der Waals surface area contributed by atoms with Crippen LogP contribution in [0.15, 0.2) is 24.3 Å². The molecule has 0 fully saturated rings. The summed E-state index contributed by atoms with van der Waals surface area (Å²) in [6, 6.07) is 7.05. The molecule has 0 aromatic heterocycles. The highest BCUT2D eigenvalue weighted by Gasteiger charge is 2.27. The molecule has 0 atom stereocenters. The summed E-state index contributed by atoms with van der Waals surface area (Å²) in [5.74, 6) is -0.631. The van der Waals surface area contributed by atoms with Gasteiger partial charge in [-0.15, -0.1) is 0 Å². The summed E-state index contributed by atoms with van der Waals surface area (Å²) in [7, 11) is 0. The third-order valence-electron chi connectivity index (χ3n) is 2.52. The molecule has 0 aliphatic heterocycles. The van der Waals surface area contributed by atoms with Crippen molar-refractivity contribution in [3.63, 3.8) is 0 Å². The predicted octanol–water partition coefficient (Wildman–Crippen LogP) is 2.86. The Morgan fingerprint density at radius 3 is 2.68 bits per heavy atom. The molecule has 106 valence electrons. The van der Waals surface area contributed by atoms with Crippen molar-refractivity contribution < 1.29 is 18.0 Å². The molecule has 0 bridgehead atoms. The molecule has 0 saturated heterocycles. The fourth-order valence-corrected chi connectivity index (χ4v) is 1.59. The first-order valence-electron chi connectivity index (χ1n) is 6.06. The number of rotatable bonds is 6. The van der Waals surface area contributed by atoms with Crippen LogP contribution in [0, 0.1) is 0 Å². The lowest BCUT2D eigenvalue weighted by Gasteiger charge is -2.08. The highest BCUT2D eigenvalue weighted by atomic mass is 19.4. The zero-order valence-electron chi connectivity index (χ0n) is 10.5. The molecule has 0 spiro atoms. The van der Waals surface area contributed by atoms with E-state index in [1.165, 1.54) is 0 Å². The molecule has 1 aromatic rings. The van der Waals surface area contributed by atoms with Crippen LogP contribution in [0.1, 0.15) is 24.8 Å². The van der Waals surface area contributed by atoms with Crippen LogP contribution in [-0.4, -0.2) is 18.6 Å². The van der Waals surface area contributed by atoms with Crippen molar-refractivity contribution in [3.05, 3.63) is 29.8 Å². The van der Waals surface area contributed by atoms with E-state index in [1.54, 1.807) is 18.2 Å². The van der Waals surface area contributed by atoms with Gasteiger partial charge in [0.05, 0.1) is 6.42 Å². The molecule has 3 N–H and O–H groups in total. The predicted molar refractivity (Wildman–Crippen MR) is 67.7 cm³/mol. The van der Waals surface area contributed by atoms with Crippen LogP contribution in [0.25, 0.3) is 0 Å². The van der Waals surface area contributed by atoms with Gasteiger partial charge in [-0.3, -0.25) is 4.79 Å². The normalized spacial score (nSPS) is 11.4. The van der Waals surface area contributed by atoms with Gasteiger partial charge in [-0.05, 0) is 37.1 Å². The summed E-state index contributed by atoms with van der Waals surface area (Å²) < 4.78 is 35.9. The Labute approximate surface area is 110 Å². The van der Waals surface area contributed by atoms with E-state index in [9.17, 15) is 18.0 Å². The molecule has 0 aliphatic carbocycles. The molecule has 0 heterocycles. The van der Waals surface area contributed by atoms with Gasteiger partial charge in [0.25, 0.3) is 0 Å². The van der Waals surface area contributed by atoms with E-state index in [4.69, 9.17) is 5.73 Å². The highest BCUT2D eigenvalue weighted by molar-refractivity contribution is 5.90. The second-order valence-corrected chi connectivity index (χ2v) is 4.26. The average Bonchev–Trinajstić information content (AvgIpc) is 2.33. The highest BCUT2D eigenvalue weighted by Crippen LogP contribution is 2.21. The molecule has 1 amide bonds. The van der Waals surface area contributed by atoms with Crippen LogP contribution in [-0.2, 0) is 11.2 Å². The van der Waals surface area contributed by atoms with Gasteiger partial charge in [-0.2, -0.15) is 13.2 Å². The summed E-state index contributed by atoms with van der Waals surface area (Å²) in [4.78, 5) is 11.4. The van der Waals surface area contributed by atoms with Crippen molar-refractivity contribution in [1.82, 2.24) is 0 Å². The maximum atomic E-state index is 12.0. The lowest BCUT2D eigenvalue weighted by molar-refractivity contribution is -0.142. The maximum absolute atomic E-state index is 12.0. The van der Waals surface area contributed by atoms with Gasteiger partial charge in [0.2, 0.25) is 5.91 Å². The first-order chi connectivity index (χ1) is 8.90. The summed E-state index contributed by atoms with van der Waals surface area (Å²) >= 11 is 0. The topological polar surface area (TPSA) is 55.1 Å². The average molecular weight is 274 g/mol. The number of aryl methyl sites for hydroxylation is 1. The fraction of sp³-hybridized carbons (Fsp3) is 0.462. The maximum Gasteiger partial charge on any atom is 0.389 e. The summed E-state index contributed by atoms with van der Waals surface area (Å²) in [5, 5.41) is 2.46. The molecular weight excluding hydrogens is 257 g/mol. The lowest BCUT2D eigenvalue weighted by atomic mass is 10.1. The first-order valence-corrected chi connectivity index (χ1v) is 6.06. The van der Waals surface area contributed by atoms with Gasteiger partial charge in [0, 0.05) is 12.1 Å². The minimum atomic E-state index is -4.31. The van der Waals surface area contributed by atoms with Gasteiger partial charge >= 0.3 is 6.18 Å². The number of anilines is 1. The standard InChI is InChI=1S/C13H17F3N2O/c14-13(15,16)7-6-12(19)18-11-5-1-3-10(9-11)4-2-8-17/h1,3,5,9H,2,4,6-8,17H2,(H,18,19). The molecular formula is C13H17F3N2O. The van der Waals surface area contributed by atoms with Gasteiger partial charge in [-0.25, -0.2) is 0 Å². The molecule has 0 radical (unpaired) electrons. The Morgan fingerprint density at radius 1 is 1.32 bits per heavy atom. The minimum Gasteiger partial charge on any atom is -0.330 e. The number of amides is 1. The summed E-state index contributed by atoms with van der Waals surface area (Å²) in [6.45, 7) is 0.572. The largest absolute Gasteiger partial charge is 0.389 e. The van der Waals surface area contributed by atoms with Crippen LogP contribution < -0.4 is 11.1 Å². The third-order valence-corrected chi connectivity index (χ3v) is 2.52. The molecule has 1 rings (SSSR count). The van der Waals surface area contributed by atoms with Gasteiger partial charge in [0.15, 0.2) is 0 Å². The number of carbonyl (C=O) groups is 1.